The van der Waals surface area contributed by atoms with Crippen LogP contribution in [-0.2, 0) is 17.8 Å². The van der Waals surface area contributed by atoms with Crippen molar-refractivity contribution in [1.29, 1.82) is 0 Å². The molecule has 0 bridgehead atoms. The maximum atomic E-state index is 12.1. The Kier molecular flexibility index (Phi) is 4.71. The number of aromatic nitrogens is 1. The average molecular weight is 339 g/mol. The molecule has 5 heteroatoms. The quantitative estimate of drug-likeness (QED) is 0.855. The summed E-state index contributed by atoms with van der Waals surface area (Å²) in [6, 6.07) is 8.00. The third-order valence-corrected chi connectivity index (χ3v) is 4.11. The van der Waals surface area contributed by atoms with Gasteiger partial charge < -0.3 is 4.90 Å². The minimum absolute atomic E-state index is 0.0909. The van der Waals surface area contributed by atoms with Crippen LogP contribution in [-0.4, -0.2) is 22.8 Å². The molecule has 0 radical (unpaired) electrons. The molecule has 0 N–H and O–H groups in total. The zero-order chi connectivity index (χ0) is 13.8. The van der Waals surface area contributed by atoms with Crippen molar-refractivity contribution < 1.29 is 4.79 Å². The highest BCUT2D eigenvalue weighted by Crippen LogP contribution is 2.13. The van der Waals surface area contributed by atoms with Crippen LogP contribution >= 0.6 is 27.3 Å². The summed E-state index contributed by atoms with van der Waals surface area (Å²) in [6.07, 6.45) is 0.372. The Bertz CT molecular complexity index is 565. The van der Waals surface area contributed by atoms with E-state index in [0.717, 1.165) is 20.7 Å². The molecule has 0 fully saturated rings. The number of hydrogen-bond donors (Lipinski definition) is 0. The number of rotatable bonds is 4. The van der Waals surface area contributed by atoms with E-state index in [4.69, 9.17) is 0 Å². The molecule has 1 aromatic heterocycles. The van der Waals surface area contributed by atoms with Gasteiger partial charge in [0, 0.05) is 23.4 Å². The lowest BCUT2D eigenvalue weighted by Gasteiger charge is -2.16. The number of likely N-dealkylation sites (N-methyl/N-ethyl adjacent to an activating group) is 1. The molecule has 3 nitrogen and oxygen atoms in total. The van der Waals surface area contributed by atoms with E-state index in [9.17, 15) is 4.79 Å². The zero-order valence-corrected chi connectivity index (χ0v) is 13.3. The van der Waals surface area contributed by atoms with Crippen molar-refractivity contribution in [3.05, 3.63) is 50.4 Å². The number of thiazole rings is 1. The monoisotopic (exact) mass is 338 g/mol. The first-order valence-corrected chi connectivity index (χ1v) is 7.61. The molecule has 0 aliphatic carbocycles. The first kappa shape index (κ1) is 14.2. The number of carbonyl (C=O) groups is 1. The van der Waals surface area contributed by atoms with Crippen molar-refractivity contribution in [3.63, 3.8) is 0 Å². The molecular formula is C14H15BrN2OS. The Morgan fingerprint density at radius 3 is 2.63 bits per heavy atom. The van der Waals surface area contributed by atoms with Crippen LogP contribution in [0.1, 0.15) is 16.3 Å². The summed E-state index contributed by atoms with van der Waals surface area (Å²) in [7, 11) is 1.82. The first-order valence-electron chi connectivity index (χ1n) is 5.94. The Morgan fingerprint density at radius 1 is 1.37 bits per heavy atom. The van der Waals surface area contributed by atoms with E-state index in [-0.39, 0.29) is 5.91 Å². The van der Waals surface area contributed by atoms with Crippen molar-refractivity contribution in [2.45, 2.75) is 19.9 Å². The average Bonchev–Trinajstić information content (AvgIpc) is 2.77. The van der Waals surface area contributed by atoms with E-state index in [1.54, 1.807) is 16.2 Å². The predicted molar refractivity (Wildman–Crippen MR) is 81.2 cm³/mol. The van der Waals surface area contributed by atoms with Crippen LogP contribution in [0.5, 0.6) is 0 Å². The molecule has 0 saturated heterocycles. The fourth-order valence-electron chi connectivity index (χ4n) is 1.73. The third-order valence-electron chi connectivity index (χ3n) is 2.76. The number of halogens is 1. The largest absolute Gasteiger partial charge is 0.341 e. The van der Waals surface area contributed by atoms with Crippen LogP contribution < -0.4 is 0 Å². The van der Waals surface area contributed by atoms with Crippen molar-refractivity contribution in [1.82, 2.24) is 9.88 Å². The van der Waals surface area contributed by atoms with Gasteiger partial charge in [0.15, 0.2) is 0 Å². The molecular weight excluding hydrogens is 324 g/mol. The molecule has 0 aliphatic rings. The van der Waals surface area contributed by atoms with Gasteiger partial charge in [0.05, 0.1) is 17.1 Å². The van der Waals surface area contributed by atoms with Crippen molar-refractivity contribution in [3.8, 4) is 0 Å². The number of benzene rings is 1. The molecule has 0 unspecified atom stereocenters. The molecule has 1 aromatic carbocycles. The second-order valence-electron chi connectivity index (χ2n) is 4.41. The van der Waals surface area contributed by atoms with Gasteiger partial charge in [-0.25, -0.2) is 4.98 Å². The SMILES string of the molecule is Cc1nc(CC(=O)N(C)Cc2ccc(Br)cc2)cs1. The van der Waals surface area contributed by atoms with E-state index in [1.165, 1.54) is 0 Å². The van der Waals surface area contributed by atoms with E-state index in [1.807, 2.05) is 43.6 Å². The van der Waals surface area contributed by atoms with E-state index >= 15 is 0 Å². The fourth-order valence-corrected chi connectivity index (χ4v) is 2.61. The minimum atomic E-state index is 0.0909. The Morgan fingerprint density at radius 2 is 2.05 bits per heavy atom. The Labute approximate surface area is 125 Å². The highest BCUT2D eigenvalue weighted by Gasteiger charge is 2.11. The first-order chi connectivity index (χ1) is 9.04. The van der Waals surface area contributed by atoms with Crippen LogP contribution in [0.3, 0.4) is 0 Å². The highest BCUT2D eigenvalue weighted by molar-refractivity contribution is 9.10. The van der Waals surface area contributed by atoms with Crippen molar-refractivity contribution in [2.24, 2.45) is 0 Å². The number of carbonyl (C=O) groups excluding carboxylic acids is 1. The Balaban J connectivity index is 1.94. The van der Waals surface area contributed by atoms with Gasteiger partial charge in [-0.1, -0.05) is 28.1 Å². The standard InChI is InChI=1S/C14H15BrN2OS/c1-10-16-13(9-19-10)7-14(18)17(2)8-11-3-5-12(15)6-4-11/h3-6,9H,7-8H2,1-2H3. The highest BCUT2D eigenvalue weighted by atomic mass is 79.9. The van der Waals surface area contributed by atoms with Gasteiger partial charge in [-0.2, -0.15) is 0 Å². The summed E-state index contributed by atoms with van der Waals surface area (Å²) in [6.45, 7) is 2.57. The van der Waals surface area contributed by atoms with Gasteiger partial charge in [0.25, 0.3) is 0 Å². The summed E-state index contributed by atoms with van der Waals surface area (Å²) >= 11 is 4.98. The van der Waals surface area contributed by atoms with Gasteiger partial charge in [0.2, 0.25) is 5.91 Å². The van der Waals surface area contributed by atoms with Gasteiger partial charge in [-0.3, -0.25) is 4.79 Å². The molecule has 2 aromatic rings. The maximum Gasteiger partial charge on any atom is 0.228 e. The van der Waals surface area contributed by atoms with Gasteiger partial charge in [-0.15, -0.1) is 11.3 Å². The number of nitrogens with zero attached hydrogens (tertiary/aromatic N) is 2. The lowest BCUT2D eigenvalue weighted by Crippen LogP contribution is -2.27. The molecule has 100 valence electrons. The smallest absolute Gasteiger partial charge is 0.228 e. The molecule has 0 aliphatic heterocycles. The Hall–Kier alpha value is -1.20. The summed E-state index contributed by atoms with van der Waals surface area (Å²) < 4.78 is 1.04. The van der Waals surface area contributed by atoms with Crippen LogP contribution in [0.2, 0.25) is 0 Å². The molecule has 19 heavy (non-hydrogen) atoms. The van der Waals surface area contributed by atoms with Crippen LogP contribution in [0.15, 0.2) is 34.1 Å². The third kappa shape index (κ3) is 4.14. The normalized spacial score (nSPS) is 10.5. The summed E-state index contributed by atoms with van der Waals surface area (Å²) in [5.74, 6) is 0.0909. The zero-order valence-electron chi connectivity index (χ0n) is 10.9. The van der Waals surface area contributed by atoms with E-state index in [0.29, 0.717) is 13.0 Å². The second kappa shape index (κ2) is 6.30. The maximum absolute atomic E-state index is 12.1. The number of hydrogen-bond acceptors (Lipinski definition) is 3. The van der Waals surface area contributed by atoms with Crippen LogP contribution in [0, 0.1) is 6.92 Å². The van der Waals surface area contributed by atoms with Gasteiger partial charge in [-0.05, 0) is 24.6 Å². The summed E-state index contributed by atoms with van der Waals surface area (Å²) in [5, 5.41) is 2.94. The number of aryl methyl sites for hydroxylation is 1. The van der Waals surface area contributed by atoms with Crippen molar-refractivity contribution in [2.75, 3.05) is 7.05 Å². The predicted octanol–water partition coefficient (Wildman–Crippen LogP) is 3.42. The van der Waals surface area contributed by atoms with Crippen LogP contribution in [0.4, 0.5) is 0 Å². The topological polar surface area (TPSA) is 33.2 Å². The summed E-state index contributed by atoms with van der Waals surface area (Å²) in [5.41, 5.74) is 1.98. The summed E-state index contributed by atoms with van der Waals surface area (Å²) in [4.78, 5) is 18.1. The molecule has 0 spiro atoms. The lowest BCUT2D eigenvalue weighted by atomic mass is 10.2. The lowest BCUT2D eigenvalue weighted by molar-refractivity contribution is -0.129. The molecule has 0 saturated carbocycles. The fraction of sp³-hybridized carbons (Fsp3) is 0.286. The van der Waals surface area contributed by atoms with E-state index < -0.39 is 0 Å². The van der Waals surface area contributed by atoms with Crippen molar-refractivity contribution >= 4 is 33.2 Å². The molecule has 1 heterocycles. The molecule has 1 amide bonds. The van der Waals surface area contributed by atoms with Gasteiger partial charge >= 0.3 is 0 Å². The second-order valence-corrected chi connectivity index (χ2v) is 6.39. The minimum Gasteiger partial charge on any atom is -0.341 e. The molecule has 0 atom stereocenters. The van der Waals surface area contributed by atoms with Gasteiger partial charge in [0.1, 0.15) is 0 Å². The number of amides is 1. The van der Waals surface area contributed by atoms with Crippen LogP contribution in [0.25, 0.3) is 0 Å². The van der Waals surface area contributed by atoms with E-state index in [2.05, 4.69) is 20.9 Å². The molecule has 2 rings (SSSR count).